The Bertz CT molecular complexity index is 628. The lowest BCUT2D eigenvalue weighted by atomic mass is 10.3. The topological polar surface area (TPSA) is 63.8 Å². The predicted octanol–water partition coefficient (Wildman–Crippen LogP) is 3.22. The first kappa shape index (κ1) is 14.6. The van der Waals surface area contributed by atoms with E-state index >= 15 is 0 Å². The number of carbonyl (C=O) groups is 1. The van der Waals surface area contributed by atoms with E-state index in [4.69, 9.17) is 20.8 Å². The number of hydrazone groups is 1. The van der Waals surface area contributed by atoms with Crippen LogP contribution in [0, 0.1) is 0 Å². The van der Waals surface area contributed by atoms with Gasteiger partial charge >= 0.3 is 0 Å². The van der Waals surface area contributed by atoms with Gasteiger partial charge in [-0.2, -0.15) is 5.10 Å². The molecule has 0 radical (unpaired) electrons. The van der Waals surface area contributed by atoms with Gasteiger partial charge in [0.1, 0.15) is 11.5 Å². The maximum atomic E-state index is 11.5. The molecule has 1 aromatic heterocycles. The van der Waals surface area contributed by atoms with Crippen LogP contribution in [0.5, 0.6) is 5.75 Å². The van der Waals surface area contributed by atoms with Crippen molar-refractivity contribution in [2.45, 2.75) is 0 Å². The summed E-state index contributed by atoms with van der Waals surface area (Å²) in [6, 6.07) is 10.2. The van der Waals surface area contributed by atoms with Crippen molar-refractivity contribution in [3.63, 3.8) is 0 Å². The van der Waals surface area contributed by atoms with Gasteiger partial charge in [0.2, 0.25) is 0 Å². The maximum absolute atomic E-state index is 11.5. The van der Waals surface area contributed by atoms with E-state index < -0.39 is 0 Å². The van der Waals surface area contributed by atoms with Crippen molar-refractivity contribution in [3.8, 4) is 5.75 Å². The Balaban J connectivity index is 1.77. The Labute approximate surface area is 128 Å². The normalized spacial score (nSPS) is 10.7. The Hall–Kier alpha value is -1.79. The first-order valence-corrected chi connectivity index (χ1v) is 6.76. The highest BCUT2D eigenvalue weighted by Crippen LogP contribution is 2.16. The highest BCUT2D eigenvalue weighted by Gasteiger charge is 2.02. The summed E-state index contributed by atoms with van der Waals surface area (Å²) in [5.41, 5.74) is 2.32. The fourth-order valence-corrected chi connectivity index (χ4v) is 1.80. The molecule has 0 aliphatic carbocycles. The van der Waals surface area contributed by atoms with E-state index in [-0.39, 0.29) is 12.5 Å². The average Bonchev–Trinajstić information content (AvgIpc) is 2.82. The minimum absolute atomic E-state index is 0.153. The van der Waals surface area contributed by atoms with Gasteiger partial charge in [0.25, 0.3) is 5.91 Å². The molecule has 0 bridgehead atoms. The van der Waals surface area contributed by atoms with Crippen molar-refractivity contribution in [2.24, 2.45) is 5.10 Å². The zero-order chi connectivity index (χ0) is 14.4. The van der Waals surface area contributed by atoms with Crippen LogP contribution in [0.1, 0.15) is 5.76 Å². The number of furan rings is 1. The van der Waals surface area contributed by atoms with Crippen molar-refractivity contribution >= 4 is 39.7 Å². The van der Waals surface area contributed by atoms with Crippen molar-refractivity contribution < 1.29 is 13.9 Å². The number of halogens is 2. The molecule has 0 spiro atoms. The number of amides is 1. The fourth-order valence-electron chi connectivity index (χ4n) is 1.30. The minimum atomic E-state index is -0.383. The molecule has 104 valence electrons. The lowest BCUT2D eigenvalue weighted by Gasteiger charge is -2.04. The number of rotatable bonds is 5. The molecule has 2 aromatic rings. The van der Waals surface area contributed by atoms with Crippen LogP contribution in [0.25, 0.3) is 0 Å². The Kier molecular flexibility index (Phi) is 5.20. The molecule has 5 nitrogen and oxygen atoms in total. The van der Waals surface area contributed by atoms with Gasteiger partial charge < -0.3 is 9.15 Å². The van der Waals surface area contributed by atoms with E-state index in [1.165, 1.54) is 6.21 Å². The van der Waals surface area contributed by atoms with Crippen molar-refractivity contribution in [2.75, 3.05) is 6.61 Å². The van der Waals surface area contributed by atoms with Gasteiger partial charge in [0, 0.05) is 5.02 Å². The van der Waals surface area contributed by atoms with Gasteiger partial charge in [-0.15, -0.1) is 0 Å². The second-order valence-corrected chi connectivity index (χ2v) is 4.90. The molecule has 0 saturated heterocycles. The van der Waals surface area contributed by atoms with Gasteiger partial charge in [-0.05, 0) is 46.3 Å². The Morgan fingerprint density at radius 2 is 2.30 bits per heavy atom. The molecule has 0 aliphatic rings. The molecule has 0 saturated carbocycles. The quantitative estimate of drug-likeness (QED) is 0.660. The van der Waals surface area contributed by atoms with Crippen molar-refractivity contribution in [3.05, 3.63) is 51.9 Å². The highest BCUT2D eigenvalue weighted by atomic mass is 79.9. The summed E-state index contributed by atoms with van der Waals surface area (Å²) in [4.78, 5) is 11.5. The lowest BCUT2D eigenvalue weighted by molar-refractivity contribution is -0.123. The molecule has 0 fully saturated rings. The van der Waals surface area contributed by atoms with Gasteiger partial charge in [0.05, 0.1) is 6.21 Å². The third kappa shape index (κ3) is 4.71. The fraction of sp³-hybridized carbons (Fsp3) is 0.0769. The zero-order valence-corrected chi connectivity index (χ0v) is 12.5. The Morgan fingerprint density at radius 3 is 3.00 bits per heavy atom. The molecule has 7 heteroatoms. The van der Waals surface area contributed by atoms with Gasteiger partial charge in [-0.3, -0.25) is 4.79 Å². The maximum Gasteiger partial charge on any atom is 0.277 e. The third-order valence-corrected chi connectivity index (χ3v) is 2.80. The lowest BCUT2D eigenvalue weighted by Crippen LogP contribution is -2.24. The number of hydrogen-bond acceptors (Lipinski definition) is 4. The standard InChI is InChI=1S/C13H10BrClN2O3/c14-12-5-4-11(20-12)7-16-17-13(18)8-19-10-3-1-2-9(15)6-10/h1-7H,8H2,(H,17,18)/b16-7+. The molecule has 0 atom stereocenters. The predicted molar refractivity (Wildman–Crippen MR) is 79.1 cm³/mol. The van der Waals surface area contributed by atoms with Crippen LogP contribution in [-0.4, -0.2) is 18.7 Å². The second kappa shape index (κ2) is 7.12. The van der Waals surface area contributed by atoms with Crippen LogP contribution in [-0.2, 0) is 4.79 Å². The second-order valence-electron chi connectivity index (χ2n) is 3.68. The van der Waals surface area contributed by atoms with E-state index in [2.05, 4.69) is 26.5 Å². The van der Waals surface area contributed by atoms with Crippen molar-refractivity contribution in [1.82, 2.24) is 5.43 Å². The summed E-state index contributed by atoms with van der Waals surface area (Å²) in [6.45, 7) is -0.153. The monoisotopic (exact) mass is 356 g/mol. The van der Waals surface area contributed by atoms with Crippen LogP contribution >= 0.6 is 27.5 Å². The van der Waals surface area contributed by atoms with E-state index in [1.807, 2.05) is 0 Å². The molecule has 1 heterocycles. The number of ether oxygens (including phenoxy) is 1. The van der Waals surface area contributed by atoms with E-state index in [9.17, 15) is 4.79 Å². The smallest absolute Gasteiger partial charge is 0.277 e. The molecular formula is C13H10BrClN2O3. The molecule has 0 aliphatic heterocycles. The minimum Gasteiger partial charge on any atom is -0.484 e. The van der Waals surface area contributed by atoms with E-state index in [1.54, 1.807) is 36.4 Å². The van der Waals surface area contributed by atoms with Crippen LogP contribution in [0.2, 0.25) is 5.02 Å². The molecule has 1 aromatic carbocycles. The summed E-state index contributed by atoms with van der Waals surface area (Å²) in [5.74, 6) is 0.659. The number of hydrogen-bond donors (Lipinski definition) is 1. The summed E-state index contributed by atoms with van der Waals surface area (Å²) in [5, 5.41) is 4.29. The largest absolute Gasteiger partial charge is 0.484 e. The molecule has 1 amide bonds. The van der Waals surface area contributed by atoms with Gasteiger partial charge in [0.15, 0.2) is 11.3 Å². The summed E-state index contributed by atoms with van der Waals surface area (Å²) in [7, 11) is 0. The SMILES string of the molecule is O=C(COc1cccc(Cl)c1)N/N=C/c1ccc(Br)o1. The third-order valence-electron chi connectivity index (χ3n) is 2.14. The molecule has 0 unspecified atom stereocenters. The highest BCUT2D eigenvalue weighted by molar-refractivity contribution is 9.10. The van der Waals surface area contributed by atoms with E-state index in [0.29, 0.717) is 21.2 Å². The van der Waals surface area contributed by atoms with Crippen molar-refractivity contribution in [1.29, 1.82) is 0 Å². The zero-order valence-electron chi connectivity index (χ0n) is 10.2. The summed E-state index contributed by atoms with van der Waals surface area (Å²) in [6.07, 6.45) is 1.39. The number of nitrogens with zero attached hydrogens (tertiary/aromatic N) is 1. The molecule has 1 N–H and O–H groups in total. The number of benzene rings is 1. The Morgan fingerprint density at radius 1 is 1.45 bits per heavy atom. The molecule has 20 heavy (non-hydrogen) atoms. The summed E-state index contributed by atoms with van der Waals surface area (Å²) >= 11 is 8.96. The van der Waals surface area contributed by atoms with Crippen LogP contribution in [0.4, 0.5) is 0 Å². The van der Waals surface area contributed by atoms with Gasteiger partial charge in [-0.25, -0.2) is 5.43 Å². The van der Waals surface area contributed by atoms with Crippen LogP contribution < -0.4 is 10.2 Å². The van der Waals surface area contributed by atoms with E-state index in [0.717, 1.165) is 0 Å². The first-order chi connectivity index (χ1) is 9.63. The van der Waals surface area contributed by atoms with Crippen LogP contribution in [0.15, 0.2) is 50.6 Å². The molecule has 2 rings (SSSR count). The van der Waals surface area contributed by atoms with Crippen LogP contribution in [0.3, 0.4) is 0 Å². The first-order valence-electron chi connectivity index (χ1n) is 5.59. The van der Waals surface area contributed by atoms with Gasteiger partial charge in [-0.1, -0.05) is 17.7 Å². The molecular weight excluding hydrogens is 348 g/mol. The number of nitrogens with one attached hydrogen (secondary N) is 1. The summed E-state index contributed by atoms with van der Waals surface area (Å²) < 4.78 is 11.0. The number of carbonyl (C=O) groups excluding carboxylic acids is 1. The average molecular weight is 358 g/mol.